The Morgan fingerprint density at radius 1 is 1.40 bits per heavy atom. The van der Waals surface area contributed by atoms with Crippen LogP contribution in [0, 0.1) is 5.92 Å². The van der Waals surface area contributed by atoms with E-state index < -0.39 is 11.4 Å². The number of hydrogen-bond donors (Lipinski definition) is 2. The van der Waals surface area contributed by atoms with E-state index in [9.17, 15) is 4.79 Å². The van der Waals surface area contributed by atoms with Gasteiger partial charge in [-0.3, -0.25) is 4.79 Å². The molecule has 1 amide bonds. The molecule has 0 rings (SSSR count). The summed E-state index contributed by atoms with van der Waals surface area (Å²) >= 11 is 0. The summed E-state index contributed by atoms with van der Waals surface area (Å²) < 4.78 is 5.41. The maximum absolute atomic E-state index is 10.9. The molecule has 0 fully saturated rings. The second-order valence-corrected chi connectivity index (χ2v) is 4.68. The summed E-state index contributed by atoms with van der Waals surface area (Å²) in [6, 6.07) is 0. The van der Waals surface area contributed by atoms with E-state index in [1.54, 1.807) is 6.92 Å². The number of carbonyl (C=O) groups excluding carboxylic acids is 1. The van der Waals surface area contributed by atoms with E-state index in [4.69, 9.17) is 16.2 Å². The zero-order chi connectivity index (χ0) is 11.9. The van der Waals surface area contributed by atoms with Crippen molar-refractivity contribution in [3.63, 3.8) is 0 Å². The number of amides is 1. The van der Waals surface area contributed by atoms with E-state index in [-0.39, 0.29) is 0 Å². The van der Waals surface area contributed by atoms with Gasteiger partial charge >= 0.3 is 0 Å². The minimum absolute atomic E-state index is 0.454. The van der Waals surface area contributed by atoms with Crippen LogP contribution in [0.15, 0.2) is 0 Å². The SMILES string of the molecule is CC(C)CCOCCCC(C)(N)C(N)=O. The van der Waals surface area contributed by atoms with Crippen molar-refractivity contribution in [1.29, 1.82) is 0 Å². The second-order valence-electron chi connectivity index (χ2n) is 4.68. The minimum Gasteiger partial charge on any atom is -0.381 e. The van der Waals surface area contributed by atoms with Crippen molar-refractivity contribution in [1.82, 2.24) is 0 Å². The molecule has 4 nitrogen and oxygen atoms in total. The standard InChI is InChI=1S/C11H24N2O2/c1-9(2)5-8-15-7-4-6-11(3,13)10(12)14/h9H,4-8,13H2,1-3H3,(H2,12,14). The highest BCUT2D eigenvalue weighted by Crippen LogP contribution is 2.08. The smallest absolute Gasteiger partial charge is 0.237 e. The number of primary amides is 1. The highest BCUT2D eigenvalue weighted by atomic mass is 16.5. The average Bonchev–Trinajstić information content (AvgIpc) is 2.10. The Labute approximate surface area is 92.3 Å². The Morgan fingerprint density at radius 2 is 2.00 bits per heavy atom. The van der Waals surface area contributed by atoms with Gasteiger partial charge < -0.3 is 16.2 Å². The molecule has 0 aromatic rings. The van der Waals surface area contributed by atoms with Gasteiger partial charge in [-0.25, -0.2) is 0 Å². The van der Waals surface area contributed by atoms with Crippen LogP contribution in [0.25, 0.3) is 0 Å². The van der Waals surface area contributed by atoms with Gasteiger partial charge in [0, 0.05) is 13.2 Å². The van der Waals surface area contributed by atoms with E-state index in [0.29, 0.717) is 18.9 Å². The minimum atomic E-state index is -0.901. The predicted molar refractivity (Wildman–Crippen MR) is 61.3 cm³/mol. The summed E-state index contributed by atoms with van der Waals surface area (Å²) in [5.41, 5.74) is 9.94. The van der Waals surface area contributed by atoms with Crippen molar-refractivity contribution in [2.45, 2.75) is 45.6 Å². The molecule has 15 heavy (non-hydrogen) atoms. The summed E-state index contributed by atoms with van der Waals surface area (Å²) in [7, 11) is 0. The van der Waals surface area contributed by atoms with Crippen LogP contribution in [-0.2, 0) is 9.53 Å². The van der Waals surface area contributed by atoms with E-state index >= 15 is 0 Å². The van der Waals surface area contributed by atoms with Crippen LogP contribution in [0.1, 0.15) is 40.0 Å². The Hall–Kier alpha value is -0.610. The molecular weight excluding hydrogens is 192 g/mol. The second kappa shape index (κ2) is 6.80. The Kier molecular flexibility index (Phi) is 6.52. The Morgan fingerprint density at radius 3 is 2.47 bits per heavy atom. The molecule has 1 unspecified atom stereocenters. The van der Waals surface area contributed by atoms with Crippen molar-refractivity contribution in [3.05, 3.63) is 0 Å². The summed E-state index contributed by atoms with van der Waals surface area (Å²) in [6.45, 7) is 7.40. The molecule has 0 bridgehead atoms. The lowest BCUT2D eigenvalue weighted by Gasteiger charge is -2.19. The van der Waals surface area contributed by atoms with E-state index in [0.717, 1.165) is 19.4 Å². The topological polar surface area (TPSA) is 78.3 Å². The lowest BCUT2D eigenvalue weighted by molar-refractivity contribution is -0.122. The number of carbonyl (C=O) groups is 1. The normalized spacial score (nSPS) is 15.3. The average molecular weight is 216 g/mol. The van der Waals surface area contributed by atoms with Crippen molar-refractivity contribution < 1.29 is 9.53 Å². The highest BCUT2D eigenvalue weighted by molar-refractivity contribution is 5.83. The van der Waals surface area contributed by atoms with Crippen LogP contribution in [0.5, 0.6) is 0 Å². The first-order chi connectivity index (χ1) is 6.86. The maximum Gasteiger partial charge on any atom is 0.237 e. The number of hydrogen-bond acceptors (Lipinski definition) is 3. The monoisotopic (exact) mass is 216 g/mol. The van der Waals surface area contributed by atoms with Gasteiger partial charge in [0.05, 0.1) is 5.54 Å². The molecule has 0 saturated carbocycles. The summed E-state index contributed by atoms with van der Waals surface area (Å²) in [5, 5.41) is 0. The van der Waals surface area contributed by atoms with Crippen LogP contribution in [-0.4, -0.2) is 24.7 Å². The van der Waals surface area contributed by atoms with Crippen molar-refractivity contribution in [3.8, 4) is 0 Å². The van der Waals surface area contributed by atoms with Crippen LogP contribution < -0.4 is 11.5 Å². The lowest BCUT2D eigenvalue weighted by atomic mass is 9.97. The van der Waals surface area contributed by atoms with E-state index in [1.807, 2.05) is 0 Å². The largest absolute Gasteiger partial charge is 0.381 e. The van der Waals surface area contributed by atoms with E-state index in [2.05, 4.69) is 13.8 Å². The van der Waals surface area contributed by atoms with E-state index in [1.165, 1.54) is 0 Å². The first-order valence-electron chi connectivity index (χ1n) is 5.53. The zero-order valence-electron chi connectivity index (χ0n) is 10.1. The first-order valence-corrected chi connectivity index (χ1v) is 5.53. The third-order valence-corrected chi connectivity index (χ3v) is 2.39. The fourth-order valence-electron chi connectivity index (χ4n) is 1.09. The predicted octanol–water partition coefficient (Wildman–Crippen LogP) is 1.03. The van der Waals surface area contributed by atoms with Gasteiger partial charge in [0.25, 0.3) is 0 Å². The zero-order valence-corrected chi connectivity index (χ0v) is 10.1. The third-order valence-electron chi connectivity index (χ3n) is 2.39. The number of ether oxygens (including phenoxy) is 1. The summed E-state index contributed by atoms with van der Waals surface area (Å²) in [6.07, 6.45) is 2.41. The fourth-order valence-corrected chi connectivity index (χ4v) is 1.09. The molecule has 1 atom stereocenters. The fraction of sp³-hybridized carbons (Fsp3) is 0.909. The molecule has 0 saturated heterocycles. The number of nitrogens with two attached hydrogens (primary N) is 2. The molecule has 0 aliphatic heterocycles. The summed E-state index contributed by atoms with van der Waals surface area (Å²) in [4.78, 5) is 10.9. The van der Waals surface area contributed by atoms with Gasteiger partial charge in [0.1, 0.15) is 0 Å². The van der Waals surface area contributed by atoms with Crippen LogP contribution >= 0.6 is 0 Å². The van der Waals surface area contributed by atoms with Crippen LogP contribution in [0.4, 0.5) is 0 Å². The van der Waals surface area contributed by atoms with Gasteiger partial charge in [-0.05, 0) is 32.1 Å². The maximum atomic E-state index is 10.9. The van der Waals surface area contributed by atoms with Crippen LogP contribution in [0.3, 0.4) is 0 Å². The van der Waals surface area contributed by atoms with Gasteiger partial charge in [-0.1, -0.05) is 13.8 Å². The van der Waals surface area contributed by atoms with Gasteiger partial charge in [-0.15, -0.1) is 0 Å². The van der Waals surface area contributed by atoms with Gasteiger partial charge in [0.2, 0.25) is 5.91 Å². The first kappa shape index (κ1) is 14.4. The summed E-state index contributed by atoms with van der Waals surface area (Å²) in [5.74, 6) is 0.208. The molecule has 90 valence electrons. The number of rotatable bonds is 8. The Balaban J connectivity index is 3.43. The highest BCUT2D eigenvalue weighted by Gasteiger charge is 2.24. The molecule has 0 spiro atoms. The molecule has 0 aliphatic carbocycles. The molecule has 0 aliphatic rings. The molecule has 0 radical (unpaired) electrons. The van der Waals surface area contributed by atoms with Gasteiger partial charge in [-0.2, -0.15) is 0 Å². The Bertz CT molecular complexity index is 191. The molecule has 0 aromatic heterocycles. The van der Waals surface area contributed by atoms with Crippen molar-refractivity contribution in [2.24, 2.45) is 17.4 Å². The van der Waals surface area contributed by atoms with Crippen molar-refractivity contribution >= 4 is 5.91 Å². The van der Waals surface area contributed by atoms with Crippen molar-refractivity contribution in [2.75, 3.05) is 13.2 Å². The van der Waals surface area contributed by atoms with Gasteiger partial charge in [0.15, 0.2) is 0 Å². The molecule has 4 heteroatoms. The quantitative estimate of drug-likeness (QED) is 0.595. The molecule has 0 aromatic carbocycles. The van der Waals surface area contributed by atoms with Crippen LogP contribution in [0.2, 0.25) is 0 Å². The molecule has 4 N–H and O–H groups in total. The lowest BCUT2D eigenvalue weighted by Crippen LogP contribution is -2.49. The third kappa shape index (κ3) is 7.33. The molecular formula is C11H24N2O2. The molecule has 0 heterocycles.